The Bertz CT molecular complexity index is 1160. The fraction of sp³-hybridized carbons (Fsp3) is 0.208. The van der Waals surface area contributed by atoms with E-state index in [0.717, 1.165) is 32.8 Å². The smallest absolute Gasteiger partial charge is 0.233 e. The molecule has 0 fully saturated rings. The maximum absolute atomic E-state index is 13.3. The summed E-state index contributed by atoms with van der Waals surface area (Å²) < 4.78 is 6.60. The number of fused-ring (bicyclic) bond motifs is 1. The number of aromatic nitrogens is 2. The van der Waals surface area contributed by atoms with Crippen LogP contribution in [0.25, 0.3) is 10.2 Å². The number of carbonyl (C=O) groups is 1. The van der Waals surface area contributed by atoms with Crippen molar-refractivity contribution in [1.82, 2.24) is 9.97 Å². The van der Waals surface area contributed by atoms with E-state index < -0.39 is 0 Å². The zero-order valence-electron chi connectivity index (χ0n) is 17.0. The van der Waals surface area contributed by atoms with Crippen LogP contribution in [0.1, 0.15) is 23.7 Å². The van der Waals surface area contributed by atoms with Gasteiger partial charge in [-0.2, -0.15) is 0 Å². The molecule has 0 N–H and O–H groups in total. The minimum absolute atomic E-state index is 0.00431. The van der Waals surface area contributed by atoms with Crippen LogP contribution >= 0.6 is 11.3 Å². The van der Waals surface area contributed by atoms with Gasteiger partial charge in [0.1, 0.15) is 5.75 Å². The quantitative estimate of drug-likeness (QED) is 0.416. The van der Waals surface area contributed by atoms with Crippen molar-refractivity contribution >= 4 is 32.6 Å². The molecular weight excluding hydrogens is 394 g/mol. The van der Waals surface area contributed by atoms with Crippen molar-refractivity contribution in [3.63, 3.8) is 0 Å². The third kappa shape index (κ3) is 4.66. The molecule has 0 unspecified atom stereocenters. The lowest BCUT2D eigenvalue weighted by atomic mass is 10.1. The second kappa shape index (κ2) is 9.05. The fourth-order valence-electron chi connectivity index (χ4n) is 3.27. The van der Waals surface area contributed by atoms with Gasteiger partial charge in [0.25, 0.3) is 0 Å². The lowest BCUT2D eigenvalue weighted by Crippen LogP contribution is -2.32. The van der Waals surface area contributed by atoms with Crippen molar-refractivity contribution in [2.24, 2.45) is 0 Å². The zero-order valence-corrected chi connectivity index (χ0v) is 17.9. The highest BCUT2D eigenvalue weighted by molar-refractivity contribution is 7.22. The van der Waals surface area contributed by atoms with E-state index in [1.807, 2.05) is 74.5 Å². The van der Waals surface area contributed by atoms with E-state index in [-0.39, 0.29) is 5.91 Å². The molecule has 4 aromatic rings. The summed E-state index contributed by atoms with van der Waals surface area (Å²) in [5.41, 5.74) is 3.81. The number of amides is 1. The predicted octanol–water partition coefficient (Wildman–Crippen LogP) is 5.17. The van der Waals surface area contributed by atoms with Crippen LogP contribution in [0.2, 0.25) is 0 Å². The largest absolute Gasteiger partial charge is 0.494 e. The van der Waals surface area contributed by atoms with Gasteiger partial charge in [-0.1, -0.05) is 47.2 Å². The first-order chi connectivity index (χ1) is 14.6. The molecule has 0 bridgehead atoms. The topological polar surface area (TPSA) is 55.3 Å². The van der Waals surface area contributed by atoms with Crippen LogP contribution in [-0.2, 0) is 17.8 Å². The summed E-state index contributed by atoms with van der Waals surface area (Å²) in [6.45, 7) is 4.98. The van der Waals surface area contributed by atoms with E-state index in [4.69, 9.17) is 9.72 Å². The highest BCUT2D eigenvalue weighted by Crippen LogP contribution is 2.32. The first kappa shape index (κ1) is 20.0. The van der Waals surface area contributed by atoms with E-state index in [2.05, 4.69) is 4.98 Å². The van der Waals surface area contributed by atoms with E-state index in [1.54, 1.807) is 11.1 Å². The van der Waals surface area contributed by atoms with Crippen LogP contribution in [0.4, 0.5) is 5.13 Å². The molecular formula is C24H23N3O2S. The van der Waals surface area contributed by atoms with Gasteiger partial charge in [-0.05, 0) is 49.7 Å². The molecule has 2 aromatic carbocycles. The van der Waals surface area contributed by atoms with Crippen LogP contribution < -0.4 is 9.64 Å². The summed E-state index contributed by atoms with van der Waals surface area (Å²) in [6, 6.07) is 19.6. The van der Waals surface area contributed by atoms with Crippen LogP contribution in [0.5, 0.6) is 5.75 Å². The molecule has 0 saturated carbocycles. The van der Waals surface area contributed by atoms with Gasteiger partial charge in [0, 0.05) is 6.20 Å². The monoisotopic (exact) mass is 417 g/mol. The van der Waals surface area contributed by atoms with Gasteiger partial charge in [0.15, 0.2) is 5.13 Å². The predicted molar refractivity (Wildman–Crippen MR) is 121 cm³/mol. The van der Waals surface area contributed by atoms with Gasteiger partial charge >= 0.3 is 0 Å². The maximum Gasteiger partial charge on any atom is 0.233 e. The standard InChI is InChI=1S/C24H23N3O2S/c1-3-29-20-10-11-21-22(15-20)30-24(26-21)27(16-19-9-4-5-12-25-19)23(28)14-18-8-6-7-17(2)13-18/h4-13,15H,3,14,16H2,1-2H3. The molecule has 0 saturated heterocycles. The van der Waals surface area contributed by atoms with Crippen LogP contribution in [0, 0.1) is 6.92 Å². The van der Waals surface area contributed by atoms with Crippen LogP contribution in [0.3, 0.4) is 0 Å². The molecule has 0 spiro atoms. The maximum atomic E-state index is 13.3. The summed E-state index contributed by atoms with van der Waals surface area (Å²) in [5.74, 6) is 0.804. The van der Waals surface area contributed by atoms with E-state index in [9.17, 15) is 4.79 Å². The van der Waals surface area contributed by atoms with Crippen molar-refractivity contribution in [3.8, 4) is 5.75 Å². The van der Waals surface area contributed by atoms with Crippen LogP contribution in [-0.4, -0.2) is 22.5 Å². The number of hydrogen-bond acceptors (Lipinski definition) is 5. The summed E-state index contributed by atoms with van der Waals surface area (Å²) in [5, 5.41) is 0.668. The molecule has 2 heterocycles. The molecule has 0 aliphatic carbocycles. The van der Waals surface area contributed by atoms with Gasteiger partial charge < -0.3 is 4.74 Å². The first-order valence-corrected chi connectivity index (χ1v) is 10.7. The Kier molecular flexibility index (Phi) is 6.05. The molecule has 0 aliphatic rings. The number of benzene rings is 2. The van der Waals surface area contributed by atoms with Gasteiger partial charge in [-0.25, -0.2) is 4.98 Å². The Morgan fingerprint density at radius 2 is 2.00 bits per heavy atom. The molecule has 152 valence electrons. The van der Waals surface area contributed by atoms with Crippen molar-refractivity contribution in [2.45, 2.75) is 26.8 Å². The number of thiazole rings is 1. The average Bonchev–Trinajstić information content (AvgIpc) is 3.16. The Morgan fingerprint density at radius 1 is 1.10 bits per heavy atom. The molecule has 0 atom stereocenters. The average molecular weight is 418 g/mol. The molecule has 30 heavy (non-hydrogen) atoms. The van der Waals surface area contributed by atoms with Gasteiger partial charge in [-0.15, -0.1) is 0 Å². The number of nitrogens with zero attached hydrogens (tertiary/aromatic N) is 3. The van der Waals surface area contributed by atoms with E-state index in [1.165, 1.54) is 11.3 Å². The molecule has 4 rings (SSSR count). The third-order valence-electron chi connectivity index (χ3n) is 4.68. The Balaban J connectivity index is 1.67. The number of hydrogen-bond donors (Lipinski definition) is 0. The summed E-state index contributed by atoms with van der Waals surface area (Å²) in [7, 11) is 0. The normalized spacial score (nSPS) is 10.9. The fourth-order valence-corrected chi connectivity index (χ4v) is 4.28. The van der Waals surface area contributed by atoms with Crippen molar-refractivity contribution in [3.05, 3.63) is 83.7 Å². The van der Waals surface area contributed by atoms with E-state index in [0.29, 0.717) is 24.7 Å². The van der Waals surface area contributed by atoms with Crippen LogP contribution in [0.15, 0.2) is 66.9 Å². The highest BCUT2D eigenvalue weighted by Gasteiger charge is 2.21. The Labute approximate surface area is 180 Å². The minimum Gasteiger partial charge on any atom is -0.494 e. The van der Waals surface area contributed by atoms with Gasteiger partial charge in [-0.3, -0.25) is 14.7 Å². The number of aryl methyl sites for hydroxylation is 1. The third-order valence-corrected chi connectivity index (χ3v) is 5.72. The first-order valence-electron chi connectivity index (χ1n) is 9.91. The van der Waals surface area contributed by atoms with E-state index >= 15 is 0 Å². The SMILES string of the molecule is CCOc1ccc2nc(N(Cc3ccccn3)C(=O)Cc3cccc(C)c3)sc2c1. The molecule has 5 nitrogen and oxygen atoms in total. The Hall–Kier alpha value is -3.25. The number of anilines is 1. The van der Waals surface area contributed by atoms with Crippen molar-refractivity contribution < 1.29 is 9.53 Å². The number of ether oxygens (including phenoxy) is 1. The highest BCUT2D eigenvalue weighted by atomic mass is 32.1. The second-order valence-corrected chi connectivity index (χ2v) is 8.03. The van der Waals surface area contributed by atoms with Gasteiger partial charge in [0.05, 0.1) is 35.5 Å². The molecule has 1 amide bonds. The second-order valence-electron chi connectivity index (χ2n) is 7.03. The summed E-state index contributed by atoms with van der Waals surface area (Å²) in [4.78, 5) is 24.2. The summed E-state index contributed by atoms with van der Waals surface area (Å²) >= 11 is 1.49. The van der Waals surface area contributed by atoms with Gasteiger partial charge in [0.2, 0.25) is 5.91 Å². The zero-order chi connectivity index (χ0) is 20.9. The van der Waals surface area contributed by atoms with Crippen molar-refractivity contribution in [1.29, 1.82) is 0 Å². The molecule has 6 heteroatoms. The lowest BCUT2D eigenvalue weighted by Gasteiger charge is -2.19. The Morgan fingerprint density at radius 3 is 2.77 bits per heavy atom. The number of carbonyl (C=O) groups excluding carboxylic acids is 1. The molecule has 0 aliphatic heterocycles. The number of pyridine rings is 1. The lowest BCUT2D eigenvalue weighted by molar-refractivity contribution is -0.118. The minimum atomic E-state index is -0.00431. The number of rotatable bonds is 7. The summed E-state index contributed by atoms with van der Waals surface area (Å²) in [6.07, 6.45) is 2.06. The van der Waals surface area contributed by atoms with Crippen molar-refractivity contribution in [2.75, 3.05) is 11.5 Å². The molecule has 0 radical (unpaired) electrons. The molecule has 2 aromatic heterocycles.